The number of nitrogens with one attached hydrogen (secondary N) is 2. The van der Waals surface area contributed by atoms with E-state index in [2.05, 4.69) is 10.6 Å². The molecule has 0 unspecified atom stereocenters. The molecule has 9 nitrogen and oxygen atoms in total. The average Bonchev–Trinajstić information content (AvgIpc) is 2.85. The van der Waals surface area contributed by atoms with Gasteiger partial charge in [0.05, 0.1) is 6.61 Å². The Morgan fingerprint density at radius 3 is 2.14 bits per heavy atom. The summed E-state index contributed by atoms with van der Waals surface area (Å²) in [5.41, 5.74) is 6.88. The van der Waals surface area contributed by atoms with Gasteiger partial charge in [-0.25, -0.2) is 9.59 Å². The molecule has 2 atom stereocenters. The van der Waals surface area contributed by atoms with Crippen LogP contribution in [0.25, 0.3) is 0 Å². The molecule has 0 aliphatic heterocycles. The molecule has 35 heavy (non-hydrogen) atoms. The van der Waals surface area contributed by atoms with Crippen LogP contribution in [-0.4, -0.2) is 42.6 Å². The van der Waals surface area contributed by atoms with Gasteiger partial charge in [0.25, 0.3) is 0 Å². The highest BCUT2D eigenvalue weighted by Crippen LogP contribution is 2.07. The maximum Gasteiger partial charge on any atom is 0.408 e. The van der Waals surface area contributed by atoms with E-state index in [1.165, 1.54) is 12.2 Å². The van der Waals surface area contributed by atoms with E-state index in [4.69, 9.17) is 15.2 Å². The predicted molar refractivity (Wildman–Crippen MR) is 130 cm³/mol. The molecule has 2 rings (SSSR count). The number of ether oxygens (including phenoxy) is 2. The van der Waals surface area contributed by atoms with Crippen LogP contribution in [-0.2, 0) is 36.9 Å². The quantitative estimate of drug-likeness (QED) is 0.297. The van der Waals surface area contributed by atoms with Gasteiger partial charge in [-0.1, -0.05) is 66.7 Å². The van der Waals surface area contributed by atoms with Crippen molar-refractivity contribution in [2.75, 3.05) is 6.61 Å². The maximum atomic E-state index is 13.1. The summed E-state index contributed by atoms with van der Waals surface area (Å²) in [6.45, 7) is 1.93. The van der Waals surface area contributed by atoms with Gasteiger partial charge in [-0.15, -0.1) is 0 Å². The molecule has 0 spiro atoms. The zero-order chi connectivity index (χ0) is 25.5. The monoisotopic (exact) mass is 481 g/mol. The zero-order valence-electron chi connectivity index (χ0n) is 19.6. The Bertz CT molecular complexity index is 995. The molecule has 186 valence electrons. The Morgan fingerprint density at radius 1 is 0.914 bits per heavy atom. The van der Waals surface area contributed by atoms with Crippen molar-refractivity contribution in [2.45, 2.75) is 44.9 Å². The third-order valence-corrected chi connectivity index (χ3v) is 4.88. The van der Waals surface area contributed by atoms with Gasteiger partial charge in [-0.3, -0.25) is 9.59 Å². The lowest BCUT2D eigenvalue weighted by molar-refractivity contribution is -0.137. The number of benzene rings is 2. The third-order valence-electron chi connectivity index (χ3n) is 4.88. The fourth-order valence-corrected chi connectivity index (χ4v) is 3.15. The van der Waals surface area contributed by atoms with E-state index in [1.54, 1.807) is 6.92 Å². The number of hydrogen-bond donors (Lipinski definition) is 3. The van der Waals surface area contributed by atoms with E-state index < -0.39 is 36.0 Å². The summed E-state index contributed by atoms with van der Waals surface area (Å²) >= 11 is 0. The number of carbonyl (C=O) groups is 4. The van der Waals surface area contributed by atoms with Crippen LogP contribution in [0.3, 0.4) is 0 Å². The Labute approximate surface area is 204 Å². The van der Waals surface area contributed by atoms with E-state index >= 15 is 0 Å². The molecule has 2 aromatic carbocycles. The Kier molecular flexibility index (Phi) is 11.5. The lowest BCUT2D eigenvalue weighted by Gasteiger charge is -2.22. The third kappa shape index (κ3) is 11.0. The van der Waals surface area contributed by atoms with Crippen LogP contribution in [0.4, 0.5) is 4.79 Å². The van der Waals surface area contributed by atoms with Gasteiger partial charge in [0.2, 0.25) is 11.8 Å². The molecular weight excluding hydrogens is 450 g/mol. The lowest BCUT2D eigenvalue weighted by atomic mass is 10.0. The van der Waals surface area contributed by atoms with Crippen molar-refractivity contribution in [3.05, 3.63) is 83.9 Å². The standard InChI is InChI=1S/C26H31N3O6/c1-2-34-24(31)16-14-21(13-15-23(27)30)28-25(32)22(17-19-9-5-3-6-10-19)29-26(33)35-18-20-11-7-4-8-12-20/h3-12,14,16,21-22H,2,13,15,17-18H2,1H3,(H2,27,30)(H,28,32)(H,29,33)/b16-14+/t21-,22-/m0/s1. The van der Waals surface area contributed by atoms with E-state index in [-0.39, 0.29) is 32.5 Å². The Hall–Kier alpha value is -4.14. The zero-order valence-corrected chi connectivity index (χ0v) is 19.6. The molecule has 9 heteroatoms. The van der Waals surface area contributed by atoms with Crippen LogP contribution in [0.5, 0.6) is 0 Å². The second kappa shape index (κ2) is 14.9. The fraction of sp³-hybridized carbons (Fsp3) is 0.308. The summed E-state index contributed by atoms with van der Waals surface area (Å²) in [6, 6.07) is 16.7. The van der Waals surface area contributed by atoms with Crippen molar-refractivity contribution in [1.82, 2.24) is 10.6 Å². The van der Waals surface area contributed by atoms with Crippen LogP contribution < -0.4 is 16.4 Å². The molecule has 3 amide bonds. The molecule has 0 radical (unpaired) electrons. The highest BCUT2D eigenvalue weighted by molar-refractivity contribution is 5.87. The summed E-state index contributed by atoms with van der Waals surface area (Å²) in [6.07, 6.45) is 2.24. The Morgan fingerprint density at radius 2 is 1.54 bits per heavy atom. The molecule has 0 saturated heterocycles. The summed E-state index contributed by atoms with van der Waals surface area (Å²) in [4.78, 5) is 48.5. The number of amides is 3. The number of alkyl carbamates (subject to hydrolysis) is 1. The summed E-state index contributed by atoms with van der Waals surface area (Å²) in [5, 5.41) is 5.37. The summed E-state index contributed by atoms with van der Waals surface area (Å²) < 4.78 is 10.1. The maximum absolute atomic E-state index is 13.1. The van der Waals surface area contributed by atoms with Crippen molar-refractivity contribution >= 4 is 23.9 Å². The first-order valence-corrected chi connectivity index (χ1v) is 11.3. The number of rotatable bonds is 13. The molecule has 0 saturated carbocycles. The predicted octanol–water partition coefficient (Wildman–Crippen LogP) is 2.39. The van der Waals surface area contributed by atoms with Gasteiger partial charge in [-0.05, 0) is 24.5 Å². The molecule has 0 fully saturated rings. The minimum atomic E-state index is -0.965. The Balaban J connectivity index is 2.10. The van der Waals surface area contributed by atoms with E-state index in [0.717, 1.165) is 11.1 Å². The van der Waals surface area contributed by atoms with Gasteiger partial charge in [0.1, 0.15) is 12.6 Å². The number of hydrogen-bond acceptors (Lipinski definition) is 6. The largest absolute Gasteiger partial charge is 0.463 e. The number of carbonyl (C=O) groups excluding carboxylic acids is 4. The highest BCUT2D eigenvalue weighted by Gasteiger charge is 2.24. The molecule has 0 aliphatic carbocycles. The topological polar surface area (TPSA) is 137 Å². The SMILES string of the molecule is CCOC(=O)/C=C/[C@H](CCC(N)=O)NC(=O)[C@H](Cc1ccccc1)NC(=O)OCc1ccccc1. The average molecular weight is 482 g/mol. The first kappa shape index (κ1) is 27.1. The van der Waals surface area contributed by atoms with Crippen LogP contribution in [0.15, 0.2) is 72.8 Å². The fourth-order valence-electron chi connectivity index (χ4n) is 3.15. The van der Waals surface area contributed by atoms with Gasteiger partial charge < -0.3 is 25.8 Å². The minimum Gasteiger partial charge on any atom is -0.463 e. The molecule has 0 aliphatic rings. The molecular formula is C26H31N3O6. The number of primary amides is 1. The van der Waals surface area contributed by atoms with Gasteiger partial charge in [-0.2, -0.15) is 0 Å². The van der Waals surface area contributed by atoms with Crippen LogP contribution in [0, 0.1) is 0 Å². The minimum absolute atomic E-state index is 0.00594. The lowest BCUT2D eigenvalue weighted by Crippen LogP contribution is -2.50. The molecule has 0 heterocycles. The van der Waals surface area contributed by atoms with Crippen molar-refractivity contribution in [3.8, 4) is 0 Å². The van der Waals surface area contributed by atoms with Crippen molar-refractivity contribution in [3.63, 3.8) is 0 Å². The number of nitrogens with two attached hydrogens (primary N) is 1. The van der Waals surface area contributed by atoms with Crippen molar-refractivity contribution in [2.24, 2.45) is 5.73 Å². The van der Waals surface area contributed by atoms with Crippen LogP contribution in [0.1, 0.15) is 30.9 Å². The van der Waals surface area contributed by atoms with Crippen LogP contribution in [0.2, 0.25) is 0 Å². The molecule has 0 aromatic heterocycles. The van der Waals surface area contributed by atoms with E-state index in [9.17, 15) is 19.2 Å². The molecule has 0 bridgehead atoms. The van der Waals surface area contributed by atoms with Crippen LogP contribution >= 0.6 is 0 Å². The molecule has 4 N–H and O–H groups in total. The first-order chi connectivity index (χ1) is 16.9. The van der Waals surface area contributed by atoms with Gasteiger partial charge in [0, 0.05) is 25.0 Å². The van der Waals surface area contributed by atoms with E-state index in [1.807, 2.05) is 60.7 Å². The van der Waals surface area contributed by atoms with E-state index in [0.29, 0.717) is 0 Å². The summed E-state index contributed by atoms with van der Waals surface area (Å²) in [5.74, 6) is -1.62. The van der Waals surface area contributed by atoms with Crippen molar-refractivity contribution in [1.29, 1.82) is 0 Å². The smallest absolute Gasteiger partial charge is 0.408 e. The first-order valence-electron chi connectivity index (χ1n) is 11.3. The van der Waals surface area contributed by atoms with Crippen molar-refractivity contribution < 1.29 is 28.7 Å². The summed E-state index contributed by atoms with van der Waals surface area (Å²) in [7, 11) is 0. The molecule has 2 aromatic rings. The second-order valence-electron chi connectivity index (χ2n) is 7.68. The van der Waals surface area contributed by atoms with Gasteiger partial charge in [0.15, 0.2) is 0 Å². The van der Waals surface area contributed by atoms with Gasteiger partial charge >= 0.3 is 12.1 Å². The normalized spacial score (nSPS) is 12.4. The number of esters is 1. The highest BCUT2D eigenvalue weighted by atomic mass is 16.5. The second-order valence-corrected chi connectivity index (χ2v) is 7.68.